The molecule has 1 heterocycles. The predicted octanol–water partition coefficient (Wildman–Crippen LogP) is 0.477. The molecule has 0 aromatic rings. The minimum Gasteiger partial charge on any atom is -0.283 e. The Kier molecular flexibility index (Phi) is 1.49. The Morgan fingerprint density at radius 2 is 2.33 bits per heavy atom. The van der Waals surface area contributed by atoms with E-state index < -0.39 is 0 Å². The Morgan fingerprint density at radius 1 is 1.56 bits per heavy atom. The van der Waals surface area contributed by atoms with Crippen molar-refractivity contribution in [3.8, 4) is 0 Å². The zero-order valence-corrected chi connectivity index (χ0v) is 4.61. The topological polar surface area (TPSA) is 40.5 Å². The summed E-state index contributed by atoms with van der Waals surface area (Å²) in [6, 6.07) is 0. The van der Waals surface area contributed by atoms with Gasteiger partial charge in [-0.2, -0.15) is 0 Å². The average molecular weight is 123 g/mol. The smallest absolute Gasteiger partial charge is 0.153 e. The van der Waals surface area contributed by atoms with Gasteiger partial charge in [-0.25, -0.2) is 9.86 Å². The largest absolute Gasteiger partial charge is 0.283 e. The standard InChI is InChI=1S/C6H5NO2/c8-5-6-3-1-2-4-7(6)9/h1-4,9H. The van der Waals surface area contributed by atoms with Crippen LogP contribution in [0.2, 0.25) is 0 Å². The van der Waals surface area contributed by atoms with Crippen molar-refractivity contribution in [2.45, 2.75) is 0 Å². The number of rotatable bonds is 0. The third kappa shape index (κ3) is 1.08. The third-order valence-corrected chi connectivity index (χ3v) is 0.944. The van der Waals surface area contributed by atoms with E-state index >= 15 is 0 Å². The molecule has 0 saturated heterocycles. The van der Waals surface area contributed by atoms with Gasteiger partial charge in [0, 0.05) is 6.20 Å². The van der Waals surface area contributed by atoms with Gasteiger partial charge >= 0.3 is 0 Å². The molecule has 0 unspecified atom stereocenters. The van der Waals surface area contributed by atoms with Crippen molar-refractivity contribution in [2.24, 2.45) is 0 Å². The van der Waals surface area contributed by atoms with Gasteiger partial charge in [0.15, 0.2) is 11.6 Å². The molecule has 0 amide bonds. The highest BCUT2D eigenvalue weighted by Gasteiger charge is 2.01. The second-order valence-electron chi connectivity index (χ2n) is 1.53. The van der Waals surface area contributed by atoms with Crippen molar-refractivity contribution in [2.75, 3.05) is 0 Å². The third-order valence-electron chi connectivity index (χ3n) is 0.944. The van der Waals surface area contributed by atoms with Gasteiger partial charge in [-0.3, -0.25) is 5.21 Å². The van der Waals surface area contributed by atoms with Crippen LogP contribution in [0.3, 0.4) is 0 Å². The van der Waals surface area contributed by atoms with Crippen LogP contribution in [0.25, 0.3) is 0 Å². The van der Waals surface area contributed by atoms with E-state index in [9.17, 15) is 4.79 Å². The molecular formula is C6H5NO2. The predicted molar refractivity (Wildman–Crippen MR) is 31.1 cm³/mol. The molecule has 0 aromatic carbocycles. The fourth-order valence-electron chi connectivity index (χ4n) is 0.515. The molecule has 0 radical (unpaired) electrons. The van der Waals surface area contributed by atoms with E-state index in [1.54, 1.807) is 18.1 Å². The van der Waals surface area contributed by atoms with Crippen molar-refractivity contribution in [3.05, 3.63) is 30.1 Å². The van der Waals surface area contributed by atoms with Crippen LogP contribution < -0.4 is 0 Å². The SMILES string of the molecule is O=C=C1C=CC=CN1O. The minimum absolute atomic E-state index is 0.123. The maximum Gasteiger partial charge on any atom is 0.153 e. The molecule has 0 saturated carbocycles. The first-order chi connectivity index (χ1) is 4.34. The molecule has 1 aliphatic heterocycles. The lowest BCUT2D eigenvalue weighted by Crippen LogP contribution is -2.11. The zero-order valence-electron chi connectivity index (χ0n) is 4.61. The van der Waals surface area contributed by atoms with E-state index in [4.69, 9.17) is 5.21 Å². The first kappa shape index (κ1) is 5.82. The van der Waals surface area contributed by atoms with Gasteiger partial charge in [0.1, 0.15) is 0 Å². The summed E-state index contributed by atoms with van der Waals surface area (Å²) in [5.41, 5.74) is 0.123. The molecule has 0 bridgehead atoms. The van der Waals surface area contributed by atoms with Crippen LogP contribution in [-0.2, 0) is 4.79 Å². The highest BCUT2D eigenvalue weighted by Crippen LogP contribution is 2.03. The van der Waals surface area contributed by atoms with Gasteiger partial charge in [0.2, 0.25) is 0 Å². The van der Waals surface area contributed by atoms with E-state index in [1.807, 2.05) is 0 Å². The van der Waals surface area contributed by atoms with Gasteiger partial charge in [0.25, 0.3) is 0 Å². The maximum absolute atomic E-state index is 9.92. The van der Waals surface area contributed by atoms with Crippen LogP contribution in [0, 0.1) is 0 Å². The van der Waals surface area contributed by atoms with Crippen molar-refractivity contribution in [1.82, 2.24) is 5.06 Å². The molecule has 0 aromatic heterocycles. The van der Waals surface area contributed by atoms with Gasteiger partial charge in [-0.15, -0.1) is 0 Å². The first-order valence-electron chi connectivity index (χ1n) is 2.42. The fourth-order valence-corrected chi connectivity index (χ4v) is 0.515. The molecule has 0 aliphatic carbocycles. The molecule has 0 fully saturated rings. The van der Waals surface area contributed by atoms with Gasteiger partial charge in [-0.05, 0) is 12.2 Å². The monoisotopic (exact) mass is 123 g/mol. The van der Waals surface area contributed by atoms with Crippen LogP contribution >= 0.6 is 0 Å². The molecular weight excluding hydrogens is 118 g/mol. The highest BCUT2D eigenvalue weighted by atomic mass is 16.5. The number of nitrogens with zero attached hydrogens (tertiary/aromatic N) is 1. The summed E-state index contributed by atoms with van der Waals surface area (Å²) in [5.74, 6) is 1.56. The van der Waals surface area contributed by atoms with Gasteiger partial charge < -0.3 is 0 Å². The molecule has 0 spiro atoms. The molecule has 0 atom stereocenters. The van der Waals surface area contributed by atoms with E-state index in [0.717, 1.165) is 0 Å². The van der Waals surface area contributed by atoms with Crippen LogP contribution in [0.4, 0.5) is 0 Å². The molecule has 46 valence electrons. The molecule has 9 heavy (non-hydrogen) atoms. The second-order valence-corrected chi connectivity index (χ2v) is 1.53. The van der Waals surface area contributed by atoms with E-state index in [2.05, 4.69) is 0 Å². The van der Waals surface area contributed by atoms with E-state index in [0.29, 0.717) is 5.06 Å². The van der Waals surface area contributed by atoms with Crippen LogP contribution in [0.15, 0.2) is 30.1 Å². The Balaban J connectivity index is 2.90. The number of hydroxylamine groups is 2. The van der Waals surface area contributed by atoms with Crippen molar-refractivity contribution in [3.63, 3.8) is 0 Å². The van der Waals surface area contributed by atoms with E-state index in [-0.39, 0.29) is 5.70 Å². The molecule has 1 N–H and O–H groups in total. The van der Waals surface area contributed by atoms with Gasteiger partial charge in [-0.1, -0.05) is 6.08 Å². The van der Waals surface area contributed by atoms with Crippen LogP contribution in [0.5, 0.6) is 0 Å². The summed E-state index contributed by atoms with van der Waals surface area (Å²) >= 11 is 0. The summed E-state index contributed by atoms with van der Waals surface area (Å²) in [6.45, 7) is 0. The Labute approximate surface area is 52.2 Å². The van der Waals surface area contributed by atoms with Crippen molar-refractivity contribution in [1.29, 1.82) is 0 Å². The maximum atomic E-state index is 9.92. The van der Waals surface area contributed by atoms with Crippen molar-refractivity contribution < 1.29 is 10.0 Å². The first-order valence-corrected chi connectivity index (χ1v) is 2.42. The lowest BCUT2D eigenvalue weighted by atomic mass is 10.3. The number of hydrogen-bond acceptors (Lipinski definition) is 3. The summed E-state index contributed by atoms with van der Waals surface area (Å²) < 4.78 is 0. The Morgan fingerprint density at radius 3 is 2.78 bits per heavy atom. The fraction of sp³-hybridized carbons (Fsp3) is 0. The van der Waals surface area contributed by atoms with Crippen LogP contribution in [0.1, 0.15) is 0 Å². The van der Waals surface area contributed by atoms with Crippen LogP contribution in [-0.4, -0.2) is 16.2 Å². The summed E-state index contributed by atoms with van der Waals surface area (Å²) in [6.07, 6.45) is 6.08. The van der Waals surface area contributed by atoms with Crippen molar-refractivity contribution >= 4 is 5.94 Å². The molecule has 1 aliphatic rings. The summed E-state index contributed by atoms with van der Waals surface area (Å²) in [4.78, 5) is 9.92. The normalized spacial score (nSPS) is 16.1. The lowest BCUT2D eigenvalue weighted by molar-refractivity contribution is 0.00135. The summed E-state index contributed by atoms with van der Waals surface area (Å²) in [7, 11) is 0. The number of allylic oxidation sites excluding steroid dienone is 3. The lowest BCUT2D eigenvalue weighted by Gasteiger charge is -2.10. The van der Waals surface area contributed by atoms with Gasteiger partial charge in [0.05, 0.1) is 0 Å². The minimum atomic E-state index is 0.123. The zero-order chi connectivity index (χ0) is 6.69. The number of carbonyl (C=O) groups excluding carboxylic acids is 1. The Bertz CT molecular complexity index is 211. The Hall–Kier alpha value is -1.31. The highest BCUT2D eigenvalue weighted by molar-refractivity contribution is 5.57. The quantitative estimate of drug-likeness (QED) is 0.476. The molecule has 3 heteroatoms. The second kappa shape index (κ2) is 2.31. The summed E-state index contributed by atoms with van der Waals surface area (Å²) in [5, 5.41) is 9.48. The average Bonchev–Trinajstić information content (AvgIpc) is 1.89. The molecule has 1 rings (SSSR count). The van der Waals surface area contributed by atoms with E-state index in [1.165, 1.54) is 12.3 Å². The molecule has 3 nitrogen and oxygen atoms in total. The number of hydrogen-bond donors (Lipinski definition) is 1.